The monoisotopic (exact) mass is 422 g/mol. The highest BCUT2D eigenvalue weighted by Crippen LogP contribution is 2.30. The van der Waals surface area contributed by atoms with E-state index >= 15 is 0 Å². The molecule has 1 fully saturated rings. The van der Waals surface area contributed by atoms with Crippen LogP contribution in [0.1, 0.15) is 5.56 Å². The maximum atomic E-state index is 11.1. The molecule has 0 bridgehead atoms. The minimum atomic E-state index is -4.13. The van der Waals surface area contributed by atoms with Gasteiger partial charge in [-0.05, 0) is 23.6 Å². The Hall–Kier alpha value is -1.38. The molecule has 1 saturated heterocycles. The molecule has 0 radical (unpaired) electrons. The van der Waals surface area contributed by atoms with Crippen molar-refractivity contribution in [3.05, 3.63) is 29.8 Å². The average Bonchev–Trinajstić information content (AvgIpc) is 2.61. The number of hydrogen-bond acceptors (Lipinski definition) is 11. The minimum absolute atomic E-state index is 0.0374. The lowest BCUT2D eigenvalue weighted by molar-refractivity contribution is -0.205. The fraction of sp³-hybridized carbons (Fsp3) is 0.467. The Bertz CT molecular complexity index is 751. The van der Waals surface area contributed by atoms with Crippen molar-refractivity contribution in [1.29, 1.82) is 0 Å². The molecule has 5 N–H and O–H groups in total. The van der Waals surface area contributed by atoms with Crippen molar-refractivity contribution in [1.82, 2.24) is 0 Å². The summed E-state index contributed by atoms with van der Waals surface area (Å²) in [5.74, 6) is 2.82. The quantitative estimate of drug-likeness (QED) is 0.158. The highest BCUT2D eigenvalue weighted by Gasteiger charge is 2.44. The molecule has 0 aliphatic carbocycles. The Morgan fingerprint density at radius 2 is 1.89 bits per heavy atom. The SMILES string of the molecule is C=S(=O)([O-])O/N=C(/Cc1ccc(O)cc1)S[C@@H]1OC(CO)[C@@H](O)[C@H](O)C1O. The van der Waals surface area contributed by atoms with Crippen LogP contribution in [0.3, 0.4) is 0 Å². The van der Waals surface area contributed by atoms with Crippen LogP contribution in [-0.4, -0.2) is 81.7 Å². The molecular weight excluding hydrogens is 402 g/mol. The molecule has 2 rings (SSSR count). The summed E-state index contributed by atoms with van der Waals surface area (Å²) in [7, 11) is -4.13. The topological polar surface area (TPSA) is 172 Å². The van der Waals surface area contributed by atoms with Crippen LogP contribution in [0.2, 0.25) is 0 Å². The number of thioether (sulfide) groups is 1. The summed E-state index contributed by atoms with van der Waals surface area (Å²) >= 11 is 0.754. The summed E-state index contributed by atoms with van der Waals surface area (Å²) < 4.78 is 31.9. The lowest BCUT2D eigenvalue weighted by Crippen LogP contribution is -2.57. The van der Waals surface area contributed by atoms with Gasteiger partial charge in [0.2, 0.25) is 0 Å². The molecule has 0 amide bonds. The van der Waals surface area contributed by atoms with Crippen molar-refractivity contribution in [3.63, 3.8) is 0 Å². The maximum absolute atomic E-state index is 11.1. The van der Waals surface area contributed by atoms with E-state index in [2.05, 4.69) is 15.3 Å². The van der Waals surface area contributed by atoms with Gasteiger partial charge >= 0.3 is 0 Å². The van der Waals surface area contributed by atoms with Gasteiger partial charge in [-0.25, -0.2) is 4.21 Å². The Morgan fingerprint density at radius 3 is 2.44 bits per heavy atom. The van der Waals surface area contributed by atoms with Crippen LogP contribution in [0.25, 0.3) is 0 Å². The van der Waals surface area contributed by atoms with E-state index < -0.39 is 46.5 Å². The highest BCUT2D eigenvalue weighted by molar-refractivity contribution is 8.14. The highest BCUT2D eigenvalue weighted by atomic mass is 32.2. The van der Waals surface area contributed by atoms with Gasteiger partial charge < -0.3 is 39.1 Å². The van der Waals surface area contributed by atoms with Gasteiger partial charge in [0.25, 0.3) is 0 Å². The first-order valence-electron chi connectivity index (χ1n) is 7.69. The summed E-state index contributed by atoms with van der Waals surface area (Å²) in [6.07, 6.45) is -5.70. The Labute approximate surface area is 160 Å². The number of oxime groups is 1. The number of ether oxygens (including phenoxy) is 1. The summed E-state index contributed by atoms with van der Waals surface area (Å²) in [5, 5.41) is 51.9. The largest absolute Gasteiger partial charge is 0.746 e. The second kappa shape index (κ2) is 9.21. The molecule has 0 aromatic heterocycles. The third kappa shape index (κ3) is 6.33. The molecule has 1 aliphatic rings. The summed E-state index contributed by atoms with van der Waals surface area (Å²) in [5.41, 5.74) is -0.527. The molecule has 0 spiro atoms. The second-order valence-corrected chi connectivity index (χ2v) is 8.21. The van der Waals surface area contributed by atoms with Gasteiger partial charge in [0.15, 0.2) is 0 Å². The van der Waals surface area contributed by atoms with Crippen molar-refractivity contribution in [2.45, 2.75) is 36.3 Å². The molecule has 0 saturated carbocycles. The number of aromatic hydroxyl groups is 1. The van der Waals surface area contributed by atoms with E-state index in [1.807, 2.05) is 0 Å². The smallest absolute Gasteiger partial charge is 0.138 e. The Morgan fingerprint density at radius 1 is 1.26 bits per heavy atom. The summed E-state index contributed by atoms with van der Waals surface area (Å²) in [6.45, 7) is -0.601. The fourth-order valence-electron chi connectivity index (χ4n) is 2.28. The molecule has 1 heterocycles. The number of phenolic OH excluding ortho intramolecular Hbond substituents is 1. The summed E-state index contributed by atoms with van der Waals surface area (Å²) in [4.78, 5) is 0. The van der Waals surface area contributed by atoms with Crippen LogP contribution in [0.5, 0.6) is 5.75 Å². The van der Waals surface area contributed by atoms with E-state index in [-0.39, 0.29) is 17.2 Å². The van der Waals surface area contributed by atoms with Crippen molar-refractivity contribution in [2.24, 2.45) is 5.16 Å². The zero-order chi connectivity index (χ0) is 20.2. The third-order valence-electron chi connectivity index (χ3n) is 3.64. The number of aliphatic hydroxyl groups excluding tert-OH is 4. The van der Waals surface area contributed by atoms with Crippen LogP contribution in [0.15, 0.2) is 29.4 Å². The van der Waals surface area contributed by atoms with E-state index in [0.29, 0.717) is 5.56 Å². The van der Waals surface area contributed by atoms with Crippen molar-refractivity contribution in [3.8, 4) is 5.75 Å². The first-order valence-corrected chi connectivity index (χ1v) is 10.1. The number of benzene rings is 1. The van der Waals surface area contributed by atoms with Gasteiger partial charge in [-0.15, -0.1) is 0 Å². The Balaban J connectivity index is 2.20. The predicted molar refractivity (Wildman–Crippen MR) is 97.7 cm³/mol. The van der Waals surface area contributed by atoms with E-state index in [9.17, 15) is 34.3 Å². The van der Waals surface area contributed by atoms with Gasteiger partial charge in [0, 0.05) is 6.42 Å². The van der Waals surface area contributed by atoms with Crippen molar-refractivity contribution < 1.29 is 43.3 Å². The first kappa shape index (κ1) is 21.9. The van der Waals surface area contributed by atoms with Crippen molar-refractivity contribution in [2.75, 3.05) is 6.61 Å². The van der Waals surface area contributed by atoms with E-state index in [1.54, 1.807) is 12.1 Å². The fourth-order valence-corrected chi connectivity index (χ4v) is 3.63. The molecule has 27 heavy (non-hydrogen) atoms. The predicted octanol–water partition coefficient (Wildman–Crippen LogP) is -1.44. The molecule has 3 unspecified atom stereocenters. The molecule has 12 heteroatoms. The molecule has 1 aromatic rings. The maximum Gasteiger partial charge on any atom is 0.138 e. The van der Waals surface area contributed by atoms with E-state index in [0.717, 1.165) is 11.8 Å². The van der Waals surface area contributed by atoms with Crippen LogP contribution in [-0.2, 0) is 25.5 Å². The molecule has 1 aliphatic heterocycles. The average molecular weight is 422 g/mol. The number of aliphatic hydroxyl groups is 4. The first-order chi connectivity index (χ1) is 12.6. The molecule has 1 aromatic carbocycles. The number of nitrogens with zero attached hydrogens (tertiary/aromatic N) is 1. The van der Waals surface area contributed by atoms with Gasteiger partial charge in [0.1, 0.15) is 40.6 Å². The van der Waals surface area contributed by atoms with E-state index in [1.165, 1.54) is 12.1 Å². The molecule has 10 nitrogen and oxygen atoms in total. The molecule has 6 atom stereocenters. The minimum Gasteiger partial charge on any atom is -0.746 e. The zero-order valence-corrected chi connectivity index (χ0v) is 15.6. The van der Waals surface area contributed by atoms with E-state index in [4.69, 9.17) is 4.74 Å². The van der Waals surface area contributed by atoms with Crippen LogP contribution >= 0.6 is 11.8 Å². The summed E-state index contributed by atoms with van der Waals surface area (Å²) in [6, 6.07) is 5.98. The standard InChI is InChI=1S/C15H21NO9S2/c1-27(22,23)25-16-11(6-8-2-4-9(18)5-3-8)26-15-14(21)13(20)12(19)10(7-17)24-15/h2-5,10,12-15,17-21H,1,6-7H2,(H,22,23)/p-1/b16-11-/t10?,12-,13+,14?,15+/m1/s1. The van der Waals surface area contributed by atoms with Gasteiger partial charge in [-0.2, -0.15) is 0 Å². The normalized spacial score (nSPS) is 31.3. The zero-order valence-electron chi connectivity index (χ0n) is 14.0. The van der Waals surface area contributed by atoms with Crippen LogP contribution < -0.4 is 0 Å². The van der Waals surface area contributed by atoms with Gasteiger partial charge in [-0.3, -0.25) is 0 Å². The van der Waals surface area contributed by atoms with Crippen LogP contribution in [0.4, 0.5) is 0 Å². The molecule has 152 valence electrons. The van der Waals surface area contributed by atoms with Crippen LogP contribution in [0, 0.1) is 0 Å². The number of rotatable bonds is 6. The number of phenols is 1. The lowest BCUT2D eigenvalue weighted by atomic mass is 10.0. The van der Waals surface area contributed by atoms with Crippen molar-refractivity contribution >= 4 is 32.8 Å². The number of hydrogen-bond donors (Lipinski definition) is 5. The van der Waals surface area contributed by atoms with Gasteiger partial charge in [-0.1, -0.05) is 29.1 Å². The lowest BCUT2D eigenvalue weighted by Gasteiger charge is -2.39. The third-order valence-corrected chi connectivity index (χ3v) is 5.06. The second-order valence-electron chi connectivity index (χ2n) is 5.78. The Kier molecular flexibility index (Phi) is 7.47. The molecular formula is C15H20NO9S2-. The van der Waals surface area contributed by atoms with Gasteiger partial charge in [0.05, 0.1) is 16.7 Å².